The first-order valence-electron chi connectivity index (χ1n) is 8.09. The fraction of sp³-hybridized carbons (Fsp3) is 0.562. The van der Waals surface area contributed by atoms with Gasteiger partial charge in [0.25, 0.3) is 5.91 Å². The zero-order valence-electron chi connectivity index (χ0n) is 14.0. The monoisotopic (exact) mass is 355 g/mol. The number of carbonyl (C=O) groups excluding carboxylic acids is 1. The molecule has 0 spiro atoms. The molecule has 2 unspecified atom stereocenters. The molecule has 1 heterocycles. The van der Waals surface area contributed by atoms with Crippen molar-refractivity contribution >= 4 is 15.9 Å². The van der Waals surface area contributed by atoms with Gasteiger partial charge in [-0.1, -0.05) is 0 Å². The van der Waals surface area contributed by atoms with E-state index in [2.05, 4.69) is 15.4 Å². The number of ether oxygens (including phenoxy) is 1. The lowest BCUT2D eigenvalue weighted by atomic mass is 10.2. The Balaban J connectivity index is 1.93. The number of amides is 1. The average molecular weight is 355 g/mol. The zero-order valence-corrected chi connectivity index (χ0v) is 14.9. The molecule has 1 aromatic rings. The maximum Gasteiger partial charge on any atom is 0.251 e. The second-order valence-electron chi connectivity index (χ2n) is 5.91. The molecule has 24 heavy (non-hydrogen) atoms. The summed E-state index contributed by atoms with van der Waals surface area (Å²) in [6.45, 7) is 3.41. The molecule has 0 aromatic heterocycles. The second kappa shape index (κ2) is 8.57. The van der Waals surface area contributed by atoms with Crippen LogP contribution in [0.1, 0.15) is 30.1 Å². The molecule has 0 saturated carbocycles. The third-order valence-electron chi connectivity index (χ3n) is 4.01. The van der Waals surface area contributed by atoms with E-state index in [0.29, 0.717) is 18.7 Å². The van der Waals surface area contributed by atoms with Crippen LogP contribution in [-0.2, 0) is 14.8 Å². The summed E-state index contributed by atoms with van der Waals surface area (Å²) in [4.78, 5) is 12.1. The third-order valence-corrected chi connectivity index (χ3v) is 5.45. The number of hydrogen-bond donors (Lipinski definition) is 3. The summed E-state index contributed by atoms with van der Waals surface area (Å²) in [5, 5.41) is 5.81. The number of rotatable bonds is 8. The summed E-state index contributed by atoms with van der Waals surface area (Å²) in [6, 6.07) is 6.07. The van der Waals surface area contributed by atoms with Crippen LogP contribution in [0.15, 0.2) is 29.2 Å². The van der Waals surface area contributed by atoms with Crippen LogP contribution in [0.2, 0.25) is 0 Å². The van der Waals surface area contributed by atoms with Crippen molar-refractivity contribution in [1.29, 1.82) is 0 Å². The number of carbonyl (C=O) groups is 1. The molecule has 1 amide bonds. The molecule has 0 aliphatic carbocycles. The largest absolute Gasteiger partial charge is 0.377 e. The number of hydrogen-bond acceptors (Lipinski definition) is 5. The number of sulfonamides is 1. The molecule has 0 radical (unpaired) electrons. The summed E-state index contributed by atoms with van der Waals surface area (Å²) in [5.41, 5.74) is 0.427. The summed E-state index contributed by atoms with van der Waals surface area (Å²) in [5.74, 6) is -0.228. The quantitative estimate of drug-likeness (QED) is 0.630. The van der Waals surface area contributed by atoms with Crippen LogP contribution in [0.5, 0.6) is 0 Å². The van der Waals surface area contributed by atoms with Crippen LogP contribution < -0.4 is 15.4 Å². The molecule has 1 aliphatic heterocycles. The van der Waals surface area contributed by atoms with Crippen molar-refractivity contribution in [2.24, 2.45) is 0 Å². The lowest BCUT2D eigenvalue weighted by molar-refractivity contribution is 0.0950. The molecule has 8 heteroatoms. The molecule has 0 bridgehead atoms. The molecule has 1 aromatic carbocycles. The minimum absolute atomic E-state index is 0.0565. The Morgan fingerprint density at radius 1 is 1.33 bits per heavy atom. The van der Waals surface area contributed by atoms with E-state index >= 15 is 0 Å². The molecule has 7 nitrogen and oxygen atoms in total. The molecule has 134 valence electrons. The maximum absolute atomic E-state index is 12.2. The Morgan fingerprint density at radius 3 is 2.62 bits per heavy atom. The van der Waals surface area contributed by atoms with Crippen molar-refractivity contribution in [3.63, 3.8) is 0 Å². The Hall–Kier alpha value is -1.48. The van der Waals surface area contributed by atoms with Gasteiger partial charge in [0.15, 0.2) is 0 Å². The van der Waals surface area contributed by atoms with E-state index in [0.717, 1.165) is 12.8 Å². The standard InChI is InChI=1S/C16H25N3O4S/c1-12(17-2)10-18-16(20)13-5-7-15(8-6-13)24(21,22)19-11-14-4-3-9-23-14/h5-8,12,14,17,19H,3-4,9-11H2,1-2H3,(H,18,20). The van der Waals surface area contributed by atoms with Crippen molar-refractivity contribution in [2.75, 3.05) is 26.7 Å². The molecule has 1 aliphatic rings. The highest BCUT2D eigenvalue weighted by molar-refractivity contribution is 7.89. The van der Waals surface area contributed by atoms with Gasteiger partial charge in [-0.3, -0.25) is 4.79 Å². The van der Waals surface area contributed by atoms with E-state index in [-0.39, 0.29) is 29.5 Å². The molecular weight excluding hydrogens is 330 g/mol. The van der Waals surface area contributed by atoms with Gasteiger partial charge in [0, 0.05) is 31.3 Å². The molecule has 2 rings (SSSR count). The molecular formula is C16H25N3O4S. The van der Waals surface area contributed by atoms with E-state index in [1.54, 1.807) is 0 Å². The predicted octanol–water partition coefficient (Wildman–Crippen LogP) is 0.482. The Kier molecular flexibility index (Phi) is 6.73. The molecule has 2 atom stereocenters. The van der Waals surface area contributed by atoms with Crippen molar-refractivity contribution in [3.05, 3.63) is 29.8 Å². The third kappa shape index (κ3) is 5.27. The van der Waals surface area contributed by atoms with Gasteiger partial charge < -0.3 is 15.4 Å². The normalized spacial score (nSPS) is 19.2. The highest BCUT2D eigenvalue weighted by Crippen LogP contribution is 2.14. The van der Waals surface area contributed by atoms with E-state index in [9.17, 15) is 13.2 Å². The second-order valence-corrected chi connectivity index (χ2v) is 7.68. The highest BCUT2D eigenvalue weighted by atomic mass is 32.2. The van der Waals surface area contributed by atoms with Crippen LogP contribution in [0.25, 0.3) is 0 Å². The fourth-order valence-corrected chi connectivity index (χ4v) is 3.39. The lowest BCUT2D eigenvalue weighted by Crippen LogP contribution is -2.37. The summed E-state index contributed by atoms with van der Waals surface area (Å²) in [6.07, 6.45) is 1.77. The number of likely N-dealkylation sites (N-methyl/N-ethyl adjacent to an activating group) is 1. The average Bonchev–Trinajstić information content (AvgIpc) is 3.11. The smallest absolute Gasteiger partial charge is 0.251 e. The van der Waals surface area contributed by atoms with Gasteiger partial charge in [-0.2, -0.15) is 0 Å². The van der Waals surface area contributed by atoms with E-state index < -0.39 is 10.0 Å². The van der Waals surface area contributed by atoms with E-state index in [1.807, 2.05) is 14.0 Å². The van der Waals surface area contributed by atoms with E-state index in [1.165, 1.54) is 24.3 Å². The van der Waals surface area contributed by atoms with Crippen LogP contribution in [0.3, 0.4) is 0 Å². The van der Waals surface area contributed by atoms with Crippen molar-refractivity contribution in [3.8, 4) is 0 Å². The minimum Gasteiger partial charge on any atom is -0.377 e. The maximum atomic E-state index is 12.2. The van der Waals surface area contributed by atoms with Crippen LogP contribution in [-0.4, -0.2) is 53.2 Å². The van der Waals surface area contributed by atoms with Gasteiger partial charge in [-0.25, -0.2) is 13.1 Å². The Labute approximate surface area is 143 Å². The Morgan fingerprint density at radius 2 is 2.04 bits per heavy atom. The minimum atomic E-state index is -3.59. The highest BCUT2D eigenvalue weighted by Gasteiger charge is 2.20. The first-order chi connectivity index (χ1) is 11.4. The fourth-order valence-electron chi connectivity index (χ4n) is 2.33. The van der Waals surface area contributed by atoms with Gasteiger partial charge in [-0.05, 0) is 51.1 Å². The van der Waals surface area contributed by atoms with Gasteiger partial charge in [0.2, 0.25) is 10.0 Å². The van der Waals surface area contributed by atoms with Gasteiger partial charge in [0.1, 0.15) is 0 Å². The molecule has 3 N–H and O–H groups in total. The van der Waals surface area contributed by atoms with Crippen LogP contribution >= 0.6 is 0 Å². The van der Waals surface area contributed by atoms with Crippen LogP contribution in [0.4, 0.5) is 0 Å². The van der Waals surface area contributed by atoms with Crippen LogP contribution in [0, 0.1) is 0 Å². The number of nitrogens with one attached hydrogen (secondary N) is 3. The lowest BCUT2D eigenvalue weighted by Gasteiger charge is -2.13. The first kappa shape index (κ1) is 18.9. The SMILES string of the molecule is CNC(C)CNC(=O)c1ccc(S(=O)(=O)NCC2CCCO2)cc1. The predicted molar refractivity (Wildman–Crippen MR) is 91.5 cm³/mol. The van der Waals surface area contributed by atoms with Crippen molar-refractivity contribution in [2.45, 2.75) is 36.8 Å². The molecule has 1 fully saturated rings. The molecule has 1 saturated heterocycles. The topological polar surface area (TPSA) is 96.5 Å². The summed E-state index contributed by atoms with van der Waals surface area (Å²) < 4.78 is 32.5. The van der Waals surface area contributed by atoms with Gasteiger partial charge in [-0.15, -0.1) is 0 Å². The summed E-state index contributed by atoms with van der Waals surface area (Å²) >= 11 is 0. The van der Waals surface area contributed by atoms with Gasteiger partial charge >= 0.3 is 0 Å². The zero-order chi connectivity index (χ0) is 17.6. The Bertz CT molecular complexity index is 640. The van der Waals surface area contributed by atoms with Crippen molar-refractivity contribution < 1.29 is 17.9 Å². The van der Waals surface area contributed by atoms with Crippen molar-refractivity contribution in [1.82, 2.24) is 15.4 Å². The van der Waals surface area contributed by atoms with Gasteiger partial charge in [0.05, 0.1) is 11.0 Å². The first-order valence-corrected chi connectivity index (χ1v) is 9.57. The summed E-state index contributed by atoms with van der Waals surface area (Å²) in [7, 11) is -1.77. The van der Waals surface area contributed by atoms with E-state index in [4.69, 9.17) is 4.74 Å². The number of benzene rings is 1.